The van der Waals surface area contributed by atoms with Gasteiger partial charge in [-0.3, -0.25) is 5.01 Å². The van der Waals surface area contributed by atoms with Gasteiger partial charge in [0.2, 0.25) is 6.29 Å². The van der Waals surface area contributed by atoms with Gasteiger partial charge in [-0.25, -0.2) is 4.79 Å². The number of ether oxygens (including phenoxy) is 2. The molecule has 2 atom stereocenters. The van der Waals surface area contributed by atoms with Gasteiger partial charge in [-0.15, -0.1) is 0 Å². The van der Waals surface area contributed by atoms with Crippen molar-refractivity contribution in [3.63, 3.8) is 0 Å². The number of amides is 1. The molecule has 2 unspecified atom stereocenters. The van der Waals surface area contributed by atoms with Gasteiger partial charge in [-0.1, -0.05) is 12.1 Å². The molecule has 4 rings (SSSR count). The van der Waals surface area contributed by atoms with E-state index in [0.29, 0.717) is 37.1 Å². The SMILES string of the molecule is CCNC(=O)OC1=C(N2N=C(c3cccc(C(F)(F)F)c3)CC2C)C(O)OC12CCCC2. The molecule has 7 nitrogen and oxygen atoms in total. The topological polar surface area (TPSA) is 83.4 Å². The van der Waals surface area contributed by atoms with E-state index in [1.807, 2.05) is 6.92 Å². The van der Waals surface area contributed by atoms with Crippen molar-refractivity contribution in [3.05, 3.63) is 46.8 Å². The van der Waals surface area contributed by atoms with Crippen molar-refractivity contribution in [2.24, 2.45) is 5.10 Å². The number of alkyl carbamates (subject to hydrolysis) is 1. The molecule has 2 heterocycles. The van der Waals surface area contributed by atoms with Crippen LogP contribution >= 0.6 is 0 Å². The Labute approximate surface area is 183 Å². The highest BCUT2D eigenvalue weighted by Crippen LogP contribution is 2.49. The Bertz CT molecular complexity index is 954. The molecule has 2 aliphatic heterocycles. The molecule has 32 heavy (non-hydrogen) atoms. The number of halogens is 3. The number of carbonyl (C=O) groups excluding carboxylic acids is 1. The van der Waals surface area contributed by atoms with Gasteiger partial charge >= 0.3 is 12.3 Å². The molecule has 0 aromatic heterocycles. The summed E-state index contributed by atoms with van der Waals surface area (Å²) in [6, 6.07) is 4.72. The van der Waals surface area contributed by atoms with E-state index >= 15 is 0 Å². The van der Waals surface area contributed by atoms with Crippen LogP contribution < -0.4 is 5.32 Å². The molecule has 0 bridgehead atoms. The molecule has 1 spiro atoms. The second-order valence-corrected chi connectivity index (χ2v) is 8.33. The van der Waals surface area contributed by atoms with Gasteiger partial charge < -0.3 is 19.9 Å². The quantitative estimate of drug-likeness (QED) is 0.717. The van der Waals surface area contributed by atoms with Crippen molar-refractivity contribution in [1.82, 2.24) is 10.3 Å². The summed E-state index contributed by atoms with van der Waals surface area (Å²) in [6.07, 6.45) is -3.21. The van der Waals surface area contributed by atoms with E-state index in [1.165, 1.54) is 11.1 Å². The number of nitrogens with zero attached hydrogens (tertiary/aromatic N) is 2. The lowest BCUT2D eigenvalue weighted by Gasteiger charge is -2.26. The molecule has 0 radical (unpaired) electrons. The lowest BCUT2D eigenvalue weighted by molar-refractivity contribution is -0.140. The Hall–Kier alpha value is -2.59. The first-order valence-corrected chi connectivity index (χ1v) is 10.7. The van der Waals surface area contributed by atoms with E-state index in [0.717, 1.165) is 25.0 Å². The molecule has 2 N–H and O–H groups in total. The second kappa shape index (κ2) is 8.40. The van der Waals surface area contributed by atoms with Gasteiger partial charge in [0.05, 0.1) is 17.3 Å². The number of nitrogens with one attached hydrogen (secondary N) is 1. The van der Waals surface area contributed by atoms with Crippen LogP contribution in [-0.4, -0.2) is 46.4 Å². The third-order valence-electron chi connectivity index (χ3n) is 6.05. The molecule has 1 fully saturated rings. The van der Waals surface area contributed by atoms with Crippen LogP contribution in [0.2, 0.25) is 0 Å². The maximum atomic E-state index is 13.1. The third-order valence-corrected chi connectivity index (χ3v) is 6.05. The Kier molecular flexibility index (Phi) is 5.93. The predicted molar refractivity (Wildman–Crippen MR) is 109 cm³/mol. The van der Waals surface area contributed by atoms with Crippen LogP contribution in [0.3, 0.4) is 0 Å². The summed E-state index contributed by atoms with van der Waals surface area (Å²) >= 11 is 0. The fourth-order valence-electron chi connectivity index (χ4n) is 4.57. The van der Waals surface area contributed by atoms with Crippen LogP contribution in [0.1, 0.15) is 57.1 Å². The van der Waals surface area contributed by atoms with Crippen LogP contribution in [0.4, 0.5) is 18.0 Å². The smallest absolute Gasteiger partial charge is 0.410 e. The number of rotatable bonds is 4. The number of benzene rings is 1. The number of carbonyl (C=O) groups is 1. The first-order chi connectivity index (χ1) is 15.1. The highest BCUT2D eigenvalue weighted by Gasteiger charge is 2.53. The van der Waals surface area contributed by atoms with Crippen molar-refractivity contribution in [3.8, 4) is 0 Å². The fourth-order valence-corrected chi connectivity index (χ4v) is 4.57. The largest absolute Gasteiger partial charge is 0.416 e. The van der Waals surface area contributed by atoms with Gasteiger partial charge in [0.1, 0.15) is 11.3 Å². The van der Waals surface area contributed by atoms with Crippen molar-refractivity contribution in [2.75, 3.05) is 6.54 Å². The van der Waals surface area contributed by atoms with Gasteiger partial charge in [-0.05, 0) is 57.2 Å². The monoisotopic (exact) mass is 453 g/mol. The van der Waals surface area contributed by atoms with E-state index < -0.39 is 29.7 Å². The zero-order chi connectivity index (χ0) is 23.1. The van der Waals surface area contributed by atoms with Crippen molar-refractivity contribution < 1.29 is 32.5 Å². The van der Waals surface area contributed by atoms with E-state index in [4.69, 9.17) is 9.47 Å². The number of hydrazone groups is 1. The summed E-state index contributed by atoms with van der Waals surface area (Å²) in [7, 11) is 0. The molecule has 1 aromatic rings. The Morgan fingerprint density at radius 2 is 2.09 bits per heavy atom. The summed E-state index contributed by atoms with van der Waals surface area (Å²) in [5.41, 5.74) is -0.628. The van der Waals surface area contributed by atoms with Crippen LogP contribution in [0.15, 0.2) is 40.8 Å². The van der Waals surface area contributed by atoms with Crippen molar-refractivity contribution >= 4 is 11.8 Å². The molecule has 0 saturated heterocycles. The minimum absolute atomic E-state index is 0.229. The Morgan fingerprint density at radius 1 is 1.38 bits per heavy atom. The van der Waals surface area contributed by atoms with Crippen LogP contribution in [0.25, 0.3) is 0 Å². The Morgan fingerprint density at radius 3 is 2.75 bits per heavy atom. The second-order valence-electron chi connectivity index (χ2n) is 8.33. The highest BCUT2D eigenvalue weighted by molar-refractivity contribution is 6.02. The lowest BCUT2D eigenvalue weighted by Crippen LogP contribution is -2.34. The maximum Gasteiger partial charge on any atom is 0.416 e. The molecule has 10 heteroatoms. The molecule has 1 aliphatic carbocycles. The van der Waals surface area contributed by atoms with Crippen LogP contribution in [0, 0.1) is 0 Å². The molecular formula is C22H26F3N3O4. The number of aliphatic hydroxyl groups excluding tert-OH is 1. The molecule has 1 saturated carbocycles. The summed E-state index contributed by atoms with van der Waals surface area (Å²) in [5.74, 6) is 0.231. The number of hydrogen-bond acceptors (Lipinski definition) is 6. The summed E-state index contributed by atoms with van der Waals surface area (Å²) in [4.78, 5) is 12.2. The minimum atomic E-state index is -4.46. The summed E-state index contributed by atoms with van der Waals surface area (Å²) < 4.78 is 51.0. The highest BCUT2D eigenvalue weighted by atomic mass is 19.4. The van der Waals surface area contributed by atoms with Gasteiger partial charge in [0.25, 0.3) is 0 Å². The van der Waals surface area contributed by atoms with E-state index in [-0.39, 0.29) is 17.5 Å². The number of alkyl halides is 3. The standard InChI is InChI=1S/C22H26F3N3O4/c1-3-26-20(30)31-18-17(19(29)32-21(18)9-4-5-10-21)28-13(2)11-16(27-28)14-7-6-8-15(12-14)22(23,24)25/h6-8,12-13,19,29H,3-5,9-11H2,1-2H3,(H,26,30). The van der Waals surface area contributed by atoms with E-state index in [1.54, 1.807) is 13.0 Å². The average Bonchev–Trinajstić information content (AvgIpc) is 3.41. The average molecular weight is 453 g/mol. The van der Waals surface area contributed by atoms with E-state index in [9.17, 15) is 23.1 Å². The minimum Gasteiger partial charge on any atom is -0.410 e. The normalized spacial score (nSPS) is 24.9. The molecule has 174 valence electrons. The van der Waals surface area contributed by atoms with E-state index in [2.05, 4.69) is 10.4 Å². The summed E-state index contributed by atoms with van der Waals surface area (Å²) in [5, 5.41) is 19.4. The van der Waals surface area contributed by atoms with Gasteiger partial charge in [0.15, 0.2) is 5.76 Å². The fraction of sp³-hybridized carbons (Fsp3) is 0.545. The maximum absolute atomic E-state index is 13.1. The van der Waals surface area contributed by atoms with Crippen LogP contribution in [0.5, 0.6) is 0 Å². The molecular weight excluding hydrogens is 427 g/mol. The van der Waals surface area contributed by atoms with Crippen molar-refractivity contribution in [2.45, 2.75) is 70.1 Å². The molecule has 1 amide bonds. The van der Waals surface area contributed by atoms with Crippen molar-refractivity contribution in [1.29, 1.82) is 0 Å². The molecule has 3 aliphatic rings. The number of hydrogen-bond donors (Lipinski definition) is 2. The zero-order valence-electron chi connectivity index (χ0n) is 17.9. The first-order valence-electron chi connectivity index (χ1n) is 10.7. The lowest BCUT2D eigenvalue weighted by atomic mass is 9.99. The first kappa shape index (κ1) is 22.6. The predicted octanol–water partition coefficient (Wildman–Crippen LogP) is 4.12. The molecule has 1 aromatic carbocycles. The van der Waals surface area contributed by atoms with Gasteiger partial charge in [0, 0.05) is 13.0 Å². The zero-order valence-corrected chi connectivity index (χ0v) is 17.9. The van der Waals surface area contributed by atoms with Gasteiger partial charge in [-0.2, -0.15) is 18.3 Å². The Balaban J connectivity index is 1.72. The number of aliphatic hydroxyl groups is 1. The third kappa shape index (κ3) is 4.09. The van der Waals surface area contributed by atoms with Crippen LogP contribution in [-0.2, 0) is 15.7 Å². The summed E-state index contributed by atoms with van der Waals surface area (Å²) in [6.45, 7) is 3.97.